The van der Waals surface area contributed by atoms with E-state index in [1.54, 1.807) is 0 Å². The molecule has 140 valence electrons. The second-order valence-electron chi connectivity index (χ2n) is 7.14. The van der Waals surface area contributed by atoms with Gasteiger partial charge in [0.25, 0.3) is 0 Å². The first-order chi connectivity index (χ1) is 13.7. The summed E-state index contributed by atoms with van der Waals surface area (Å²) in [5.74, 6) is 0. The van der Waals surface area contributed by atoms with Gasteiger partial charge in [-0.1, -0.05) is 91.0 Å². The monoisotopic (exact) mass is 367 g/mol. The van der Waals surface area contributed by atoms with E-state index in [2.05, 4.69) is 113 Å². The largest absolute Gasteiger partial charge is 0.336 e. The summed E-state index contributed by atoms with van der Waals surface area (Å²) < 4.78 is 2.07. The van der Waals surface area contributed by atoms with Gasteiger partial charge in [0, 0.05) is 19.3 Å². The number of imidazole rings is 1. The van der Waals surface area contributed by atoms with Crippen LogP contribution in [0.5, 0.6) is 0 Å². The molecule has 4 rings (SSSR count). The molecule has 3 heteroatoms. The fourth-order valence-corrected chi connectivity index (χ4v) is 4.00. The highest BCUT2D eigenvalue weighted by Crippen LogP contribution is 2.38. The fraction of sp³-hybridized carbons (Fsp3) is 0.160. The maximum Gasteiger partial charge on any atom is 0.0953 e. The van der Waals surface area contributed by atoms with E-state index in [-0.39, 0.29) is 6.04 Å². The SMILES string of the molecule is CC(NC(c1ccccc1)(c1ccccc1)c1ccccc1)c1cncn1C. The van der Waals surface area contributed by atoms with E-state index in [9.17, 15) is 0 Å². The van der Waals surface area contributed by atoms with Crippen molar-refractivity contribution < 1.29 is 0 Å². The Morgan fingerprint density at radius 3 is 1.54 bits per heavy atom. The van der Waals surface area contributed by atoms with Gasteiger partial charge in [0.05, 0.1) is 17.6 Å². The number of hydrogen-bond donors (Lipinski definition) is 1. The molecule has 0 saturated carbocycles. The standard InChI is InChI=1S/C25H25N3/c1-20(24-18-26-19-28(24)2)27-25(21-12-6-3-7-13-21,22-14-8-4-9-15-22)23-16-10-5-11-17-23/h3-20,27H,1-2H3. The third-order valence-corrected chi connectivity index (χ3v) is 5.35. The summed E-state index contributed by atoms with van der Waals surface area (Å²) >= 11 is 0. The van der Waals surface area contributed by atoms with Gasteiger partial charge in [0.1, 0.15) is 0 Å². The average Bonchev–Trinajstić information content (AvgIpc) is 3.20. The predicted molar refractivity (Wildman–Crippen MR) is 114 cm³/mol. The van der Waals surface area contributed by atoms with Crippen LogP contribution in [-0.4, -0.2) is 9.55 Å². The van der Waals surface area contributed by atoms with Crippen LogP contribution in [0.4, 0.5) is 0 Å². The van der Waals surface area contributed by atoms with E-state index in [1.807, 2.05) is 19.6 Å². The number of hydrogen-bond acceptors (Lipinski definition) is 2. The minimum absolute atomic E-state index is 0.0909. The van der Waals surface area contributed by atoms with Gasteiger partial charge < -0.3 is 4.57 Å². The van der Waals surface area contributed by atoms with Crippen molar-refractivity contribution in [1.82, 2.24) is 14.9 Å². The molecule has 0 fully saturated rings. The predicted octanol–water partition coefficient (Wildman–Crippen LogP) is 5.06. The molecule has 3 aromatic carbocycles. The minimum atomic E-state index is -0.479. The maximum atomic E-state index is 4.31. The maximum absolute atomic E-state index is 4.31. The first-order valence-corrected chi connectivity index (χ1v) is 9.62. The lowest BCUT2D eigenvalue weighted by molar-refractivity contribution is 0.404. The third-order valence-electron chi connectivity index (χ3n) is 5.35. The number of aryl methyl sites for hydroxylation is 1. The Kier molecular flexibility index (Phi) is 5.09. The zero-order chi connectivity index (χ0) is 19.4. The van der Waals surface area contributed by atoms with Crippen molar-refractivity contribution in [3.63, 3.8) is 0 Å². The fourth-order valence-electron chi connectivity index (χ4n) is 4.00. The molecule has 1 unspecified atom stereocenters. The molecule has 1 aromatic heterocycles. The van der Waals surface area contributed by atoms with Crippen molar-refractivity contribution in [2.24, 2.45) is 7.05 Å². The Balaban J connectivity index is 1.94. The quantitative estimate of drug-likeness (QED) is 0.483. The van der Waals surface area contributed by atoms with E-state index in [4.69, 9.17) is 0 Å². The molecule has 0 amide bonds. The van der Waals surface area contributed by atoms with Gasteiger partial charge in [0.2, 0.25) is 0 Å². The smallest absolute Gasteiger partial charge is 0.0953 e. The summed E-state index contributed by atoms with van der Waals surface area (Å²) in [5, 5.41) is 3.96. The van der Waals surface area contributed by atoms with Gasteiger partial charge >= 0.3 is 0 Å². The second-order valence-corrected chi connectivity index (χ2v) is 7.14. The summed E-state index contributed by atoms with van der Waals surface area (Å²) in [6.45, 7) is 2.20. The van der Waals surface area contributed by atoms with Crippen molar-refractivity contribution in [3.8, 4) is 0 Å². The van der Waals surface area contributed by atoms with E-state index >= 15 is 0 Å². The Bertz CT molecular complexity index is 911. The molecule has 1 heterocycles. The van der Waals surface area contributed by atoms with Crippen molar-refractivity contribution in [3.05, 3.63) is 126 Å². The third kappa shape index (κ3) is 3.25. The highest BCUT2D eigenvalue weighted by Gasteiger charge is 2.37. The first kappa shape index (κ1) is 18.2. The number of nitrogens with one attached hydrogen (secondary N) is 1. The van der Waals surface area contributed by atoms with E-state index in [1.165, 1.54) is 16.7 Å². The van der Waals surface area contributed by atoms with Crippen LogP contribution in [-0.2, 0) is 12.6 Å². The zero-order valence-electron chi connectivity index (χ0n) is 16.3. The van der Waals surface area contributed by atoms with Crippen LogP contribution in [0.15, 0.2) is 104 Å². The van der Waals surface area contributed by atoms with Crippen LogP contribution in [0.25, 0.3) is 0 Å². The summed E-state index contributed by atoms with van der Waals surface area (Å²) in [6, 6.07) is 32.1. The first-order valence-electron chi connectivity index (χ1n) is 9.62. The Morgan fingerprint density at radius 2 is 1.18 bits per heavy atom. The normalized spacial score (nSPS) is 12.6. The second kappa shape index (κ2) is 7.83. The van der Waals surface area contributed by atoms with Crippen molar-refractivity contribution >= 4 is 0 Å². The van der Waals surface area contributed by atoms with Gasteiger partial charge in [-0.25, -0.2) is 4.98 Å². The molecule has 0 bridgehead atoms. The lowest BCUT2D eigenvalue weighted by Crippen LogP contribution is -2.46. The summed E-state index contributed by atoms with van der Waals surface area (Å²) in [6.07, 6.45) is 3.78. The average molecular weight is 367 g/mol. The van der Waals surface area contributed by atoms with E-state index < -0.39 is 5.54 Å². The lowest BCUT2D eigenvalue weighted by atomic mass is 9.76. The molecular weight excluding hydrogens is 342 g/mol. The van der Waals surface area contributed by atoms with Crippen molar-refractivity contribution in [1.29, 1.82) is 0 Å². The summed E-state index contributed by atoms with van der Waals surface area (Å²) in [7, 11) is 2.04. The topological polar surface area (TPSA) is 29.9 Å². The van der Waals surface area contributed by atoms with Gasteiger partial charge in [-0.2, -0.15) is 0 Å². The van der Waals surface area contributed by atoms with Crippen molar-refractivity contribution in [2.45, 2.75) is 18.5 Å². The highest BCUT2D eigenvalue weighted by atomic mass is 15.1. The van der Waals surface area contributed by atoms with Crippen LogP contribution in [0.3, 0.4) is 0 Å². The highest BCUT2D eigenvalue weighted by molar-refractivity contribution is 5.49. The molecule has 0 aliphatic heterocycles. The number of rotatable bonds is 6. The van der Waals surface area contributed by atoms with Crippen LogP contribution < -0.4 is 5.32 Å². The van der Waals surface area contributed by atoms with Crippen LogP contribution in [0.1, 0.15) is 35.3 Å². The molecular formula is C25H25N3. The summed E-state index contributed by atoms with van der Waals surface area (Å²) in [4.78, 5) is 4.31. The number of nitrogens with zero attached hydrogens (tertiary/aromatic N) is 2. The van der Waals surface area contributed by atoms with E-state index in [0.29, 0.717) is 0 Å². The van der Waals surface area contributed by atoms with Gasteiger partial charge in [-0.05, 0) is 23.6 Å². The molecule has 0 saturated heterocycles. The van der Waals surface area contributed by atoms with Crippen LogP contribution in [0, 0.1) is 0 Å². The Morgan fingerprint density at radius 1 is 0.750 bits per heavy atom. The van der Waals surface area contributed by atoms with E-state index in [0.717, 1.165) is 5.69 Å². The minimum Gasteiger partial charge on any atom is -0.336 e. The molecule has 0 radical (unpaired) electrons. The van der Waals surface area contributed by atoms with Gasteiger partial charge in [0.15, 0.2) is 0 Å². The number of aromatic nitrogens is 2. The molecule has 1 atom stereocenters. The summed E-state index contributed by atoms with van der Waals surface area (Å²) in [5.41, 5.74) is 4.30. The molecule has 4 aromatic rings. The Hall–Kier alpha value is -3.17. The molecule has 3 nitrogen and oxygen atoms in total. The molecule has 1 N–H and O–H groups in total. The molecule has 0 aliphatic rings. The zero-order valence-corrected chi connectivity index (χ0v) is 16.3. The van der Waals surface area contributed by atoms with Crippen LogP contribution in [0.2, 0.25) is 0 Å². The molecule has 0 spiro atoms. The Labute approximate surface area is 166 Å². The number of benzene rings is 3. The lowest BCUT2D eigenvalue weighted by Gasteiger charge is -2.39. The van der Waals surface area contributed by atoms with Gasteiger partial charge in [-0.3, -0.25) is 5.32 Å². The van der Waals surface area contributed by atoms with Gasteiger partial charge in [-0.15, -0.1) is 0 Å². The molecule has 0 aliphatic carbocycles. The van der Waals surface area contributed by atoms with Crippen molar-refractivity contribution in [2.75, 3.05) is 0 Å². The molecule has 28 heavy (non-hydrogen) atoms. The van der Waals surface area contributed by atoms with Crippen LogP contribution >= 0.6 is 0 Å².